The summed E-state index contributed by atoms with van der Waals surface area (Å²) >= 11 is 0. The molecule has 0 amide bonds. The van der Waals surface area contributed by atoms with Crippen molar-refractivity contribution in [3.63, 3.8) is 0 Å². The summed E-state index contributed by atoms with van der Waals surface area (Å²) in [5.41, 5.74) is 7.75. The molecule has 1 saturated carbocycles. The lowest BCUT2D eigenvalue weighted by atomic mass is 9.88. The Morgan fingerprint density at radius 3 is 2.39 bits per heavy atom. The van der Waals surface area contributed by atoms with Gasteiger partial charge in [-0.1, -0.05) is 24.3 Å². The summed E-state index contributed by atoms with van der Waals surface area (Å²) in [6.45, 7) is 2.12. The molecule has 2 aromatic carbocycles. The Bertz CT molecular complexity index is 585. The molecular formula is C16H19NO. The van der Waals surface area contributed by atoms with E-state index in [0.29, 0.717) is 0 Å². The monoisotopic (exact) mass is 241 g/mol. The van der Waals surface area contributed by atoms with Crippen LogP contribution < -0.4 is 10.5 Å². The van der Waals surface area contributed by atoms with E-state index in [1.807, 2.05) is 6.07 Å². The number of rotatable bonds is 3. The van der Waals surface area contributed by atoms with E-state index in [-0.39, 0.29) is 11.5 Å². The minimum absolute atomic E-state index is 0.230. The fourth-order valence-electron chi connectivity index (χ4n) is 2.80. The smallest absolute Gasteiger partial charge is 0.119 e. The molecule has 2 N–H and O–H groups in total. The molecule has 3 rings (SSSR count). The standard InChI is InChI=1S/C16H19NO/c1-11(17)16(7-8-16)14-5-3-13-10-15(18-2)6-4-12(13)9-14/h3-6,9-11H,7-8,17H2,1-2H3. The summed E-state index contributed by atoms with van der Waals surface area (Å²) < 4.78 is 5.25. The lowest BCUT2D eigenvalue weighted by Crippen LogP contribution is -2.31. The first-order chi connectivity index (χ1) is 8.65. The van der Waals surface area contributed by atoms with Crippen molar-refractivity contribution < 1.29 is 4.74 Å². The van der Waals surface area contributed by atoms with Crippen LogP contribution in [0.3, 0.4) is 0 Å². The molecule has 0 aromatic heterocycles. The van der Waals surface area contributed by atoms with Gasteiger partial charge >= 0.3 is 0 Å². The lowest BCUT2D eigenvalue weighted by molar-refractivity contribution is 0.415. The Morgan fingerprint density at radius 1 is 1.11 bits per heavy atom. The molecule has 0 heterocycles. The lowest BCUT2D eigenvalue weighted by Gasteiger charge is -2.20. The third-order valence-electron chi connectivity index (χ3n) is 4.28. The van der Waals surface area contributed by atoms with E-state index in [9.17, 15) is 0 Å². The fraction of sp³-hybridized carbons (Fsp3) is 0.375. The van der Waals surface area contributed by atoms with Crippen molar-refractivity contribution in [2.45, 2.75) is 31.2 Å². The first-order valence-corrected chi connectivity index (χ1v) is 6.49. The highest BCUT2D eigenvalue weighted by Gasteiger charge is 2.47. The average Bonchev–Trinajstić information content (AvgIpc) is 3.19. The molecule has 1 aliphatic rings. The maximum absolute atomic E-state index is 6.13. The summed E-state index contributed by atoms with van der Waals surface area (Å²) in [5, 5.41) is 2.48. The van der Waals surface area contributed by atoms with Gasteiger partial charge in [0.2, 0.25) is 0 Å². The fourth-order valence-corrected chi connectivity index (χ4v) is 2.80. The van der Waals surface area contributed by atoms with Gasteiger partial charge in [0, 0.05) is 11.5 Å². The zero-order valence-corrected chi connectivity index (χ0v) is 10.9. The van der Waals surface area contributed by atoms with Crippen LogP contribution in [0, 0.1) is 0 Å². The van der Waals surface area contributed by atoms with E-state index in [1.165, 1.54) is 29.2 Å². The van der Waals surface area contributed by atoms with Gasteiger partial charge in [0.1, 0.15) is 5.75 Å². The molecule has 0 radical (unpaired) electrons. The third-order valence-corrected chi connectivity index (χ3v) is 4.28. The summed E-state index contributed by atoms with van der Waals surface area (Å²) in [7, 11) is 1.70. The van der Waals surface area contributed by atoms with E-state index in [4.69, 9.17) is 10.5 Å². The van der Waals surface area contributed by atoms with Gasteiger partial charge in [-0.2, -0.15) is 0 Å². The molecule has 2 aromatic rings. The molecule has 1 aliphatic carbocycles. The van der Waals surface area contributed by atoms with Crippen LogP contribution in [0.25, 0.3) is 10.8 Å². The van der Waals surface area contributed by atoms with E-state index in [2.05, 4.69) is 37.3 Å². The quantitative estimate of drug-likeness (QED) is 0.895. The number of methoxy groups -OCH3 is 1. The topological polar surface area (TPSA) is 35.2 Å². The molecule has 1 atom stereocenters. The number of benzene rings is 2. The van der Waals surface area contributed by atoms with Gasteiger partial charge < -0.3 is 10.5 Å². The molecule has 2 heteroatoms. The molecule has 1 unspecified atom stereocenters. The highest BCUT2D eigenvalue weighted by molar-refractivity contribution is 5.85. The number of fused-ring (bicyclic) bond motifs is 1. The number of nitrogens with two attached hydrogens (primary N) is 1. The van der Waals surface area contributed by atoms with E-state index in [1.54, 1.807) is 7.11 Å². The molecule has 2 nitrogen and oxygen atoms in total. The van der Waals surface area contributed by atoms with Crippen molar-refractivity contribution >= 4 is 10.8 Å². The maximum atomic E-state index is 6.13. The van der Waals surface area contributed by atoms with Gasteiger partial charge in [-0.05, 0) is 48.2 Å². The molecule has 0 saturated heterocycles. The third kappa shape index (κ3) is 1.68. The van der Waals surface area contributed by atoms with E-state index in [0.717, 1.165) is 5.75 Å². The minimum atomic E-state index is 0.230. The zero-order valence-electron chi connectivity index (χ0n) is 10.9. The molecule has 0 aliphatic heterocycles. The Labute approximate surface area is 108 Å². The van der Waals surface area contributed by atoms with E-state index < -0.39 is 0 Å². The molecule has 0 bridgehead atoms. The largest absolute Gasteiger partial charge is 0.497 e. The number of hydrogen-bond acceptors (Lipinski definition) is 2. The molecule has 1 fully saturated rings. The van der Waals surface area contributed by atoms with Crippen molar-refractivity contribution in [2.75, 3.05) is 7.11 Å². The highest BCUT2D eigenvalue weighted by atomic mass is 16.5. The van der Waals surface area contributed by atoms with Crippen LogP contribution in [0.1, 0.15) is 25.3 Å². The SMILES string of the molecule is COc1ccc2cc(C3(C(C)N)CC3)ccc2c1. The van der Waals surface area contributed by atoms with Crippen molar-refractivity contribution in [3.05, 3.63) is 42.0 Å². The summed E-state index contributed by atoms with van der Waals surface area (Å²) in [5.74, 6) is 0.906. The van der Waals surface area contributed by atoms with Crippen LogP contribution in [0.4, 0.5) is 0 Å². The van der Waals surface area contributed by atoms with Crippen molar-refractivity contribution in [3.8, 4) is 5.75 Å². The second kappa shape index (κ2) is 3.99. The highest BCUT2D eigenvalue weighted by Crippen LogP contribution is 2.50. The first kappa shape index (κ1) is 11.5. The first-order valence-electron chi connectivity index (χ1n) is 6.49. The van der Waals surface area contributed by atoms with Crippen LogP contribution >= 0.6 is 0 Å². The van der Waals surface area contributed by atoms with Crippen LogP contribution in [-0.2, 0) is 5.41 Å². The van der Waals surface area contributed by atoms with Crippen LogP contribution in [-0.4, -0.2) is 13.2 Å². The van der Waals surface area contributed by atoms with Crippen LogP contribution in [0.15, 0.2) is 36.4 Å². The van der Waals surface area contributed by atoms with Gasteiger partial charge in [-0.25, -0.2) is 0 Å². The minimum Gasteiger partial charge on any atom is -0.497 e. The Kier molecular flexibility index (Phi) is 2.56. The zero-order chi connectivity index (χ0) is 12.8. The van der Waals surface area contributed by atoms with Crippen LogP contribution in [0.5, 0.6) is 5.75 Å². The molecule has 0 spiro atoms. The summed E-state index contributed by atoms with van der Waals surface area (Å²) in [6.07, 6.45) is 2.43. The van der Waals surface area contributed by atoms with Gasteiger partial charge in [0.05, 0.1) is 7.11 Å². The predicted molar refractivity (Wildman–Crippen MR) is 75.1 cm³/mol. The van der Waals surface area contributed by atoms with Crippen molar-refractivity contribution in [2.24, 2.45) is 5.73 Å². The Hall–Kier alpha value is -1.54. The van der Waals surface area contributed by atoms with Gasteiger partial charge in [-0.15, -0.1) is 0 Å². The predicted octanol–water partition coefficient (Wildman–Crippen LogP) is 3.23. The maximum Gasteiger partial charge on any atom is 0.119 e. The van der Waals surface area contributed by atoms with Crippen molar-refractivity contribution in [1.82, 2.24) is 0 Å². The Balaban J connectivity index is 2.07. The van der Waals surface area contributed by atoms with Gasteiger partial charge in [0.25, 0.3) is 0 Å². The number of ether oxygens (including phenoxy) is 1. The van der Waals surface area contributed by atoms with Crippen molar-refractivity contribution in [1.29, 1.82) is 0 Å². The number of hydrogen-bond donors (Lipinski definition) is 1. The second-order valence-electron chi connectivity index (χ2n) is 5.37. The van der Waals surface area contributed by atoms with Gasteiger partial charge in [0.15, 0.2) is 0 Å². The second-order valence-corrected chi connectivity index (χ2v) is 5.37. The van der Waals surface area contributed by atoms with Crippen LogP contribution in [0.2, 0.25) is 0 Å². The molecular weight excluding hydrogens is 222 g/mol. The van der Waals surface area contributed by atoms with E-state index >= 15 is 0 Å². The normalized spacial score (nSPS) is 18.6. The molecule has 94 valence electrons. The molecule has 18 heavy (non-hydrogen) atoms. The average molecular weight is 241 g/mol. The summed E-state index contributed by atoms with van der Waals surface area (Å²) in [6, 6.07) is 13.1. The summed E-state index contributed by atoms with van der Waals surface area (Å²) in [4.78, 5) is 0. The Morgan fingerprint density at radius 2 is 1.78 bits per heavy atom. The van der Waals surface area contributed by atoms with Gasteiger partial charge in [-0.3, -0.25) is 0 Å².